The third-order valence-corrected chi connectivity index (χ3v) is 4.69. The van der Waals surface area contributed by atoms with Crippen molar-refractivity contribution in [3.05, 3.63) is 72.3 Å². The van der Waals surface area contributed by atoms with E-state index in [-0.39, 0.29) is 12.0 Å². The number of carbonyl (C=O) groups excluding carboxylic acids is 1. The maximum atomic E-state index is 11.0. The summed E-state index contributed by atoms with van der Waals surface area (Å²) in [4.78, 5) is 11.0. The number of carbonyl (C=O) groups is 1. The van der Waals surface area contributed by atoms with Gasteiger partial charge < -0.3 is 18.9 Å². The minimum atomic E-state index is -0.453. The fraction of sp³-hybridized carbons (Fsp3) is 0.333. The fourth-order valence-electron chi connectivity index (χ4n) is 2.81. The smallest absolute Gasteiger partial charge is 0.330 e. The average molecular weight is 429 g/mol. The summed E-state index contributed by atoms with van der Waals surface area (Å²) < 4.78 is 21.4. The van der Waals surface area contributed by atoms with Crippen molar-refractivity contribution in [2.45, 2.75) is 26.2 Å². The molecule has 0 amide bonds. The van der Waals surface area contributed by atoms with Gasteiger partial charge in [0, 0.05) is 18.4 Å². The normalized spacial score (nSPS) is 10.8. The first-order valence-corrected chi connectivity index (χ1v) is 10.1. The standard InChI is InChI=1S/C24H28O5S/c1-5-23(25)29-17-16-28-22-12-8-20(9-13-22)24(3,4)19-6-10-21(11-7-19)27-15-14-26-18(2)30/h5-13H,1,14-17H2,2-4H3. The molecule has 0 aromatic heterocycles. The number of rotatable bonds is 11. The number of hydrogen-bond donors (Lipinski definition) is 0. The lowest BCUT2D eigenvalue weighted by atomic mass is 9.78. The monoisotopic (exact) mass is 428 g/mol. The Morgan fingerprint density at radius 3 is 1.70 bits per heavy atom. The summed E-state index contributed by atoms with van der Waals surface area (Å²) in [5.74, 6) is 1.06. The molecule has 0 heterocycles. The van der Waals surface area contributed by atoms with E-state index in [1.165, 1.54) is 5.56 Å². The van der Waals surface area contributed by atoms with Gasteiger partial charge >= 0.3 is 5.97 Å². The quantitative estimate of drug-likeness (QED) is 0.220. The van der Waals surface area contributed by atoms with Gasteiger partial charge in [-0.05, 0) is 47.6 Å². The van der Waals surface area contributed by atoms with E-state index in [0.717, 1.165) is 23.1 Å². The zero-order chi connectivity index (χ0) is 22.0. The lowest BCUT2D eigenvalue weighted by molar-refractivity contribution is -0.138. The summed E-state index contributed by atoms with van der Waals surface area (Å²) in [6.07, 6.45) is 1.13. The van der Waals surface area contributed by atoms with Gasteiger partial charge in [-0.25, -0.2) is 4.79 Å². The molecule has 2 aromatic carbocycles. The Labute approximate surface area is 183 Å². The van der Waals surface area contributed by atoms with Crippen molar-refractivity contribution in [1.29, 1.82) is 0 Å². The topological polar surface area (TPSA) is 54.0 Å². The zero-order valence-electron chi connectivity index (χ0n) is 17.7. The van der Waals surface area contributed by atoms with E-state index in [0.29, 0.717) is 24.9 Å². The van der Waals surface area contributed by atoms with Crippen LogP contribution in [0, 0.1) is 0 Å². The van der Waals surface area contributed by atoms with Crippen LogP contribution in [0.4, 0.5) is 0 Å². The maximum Gasteiger partial charge on any atom is 0.330 e. The summed E-state index contributed by atoms with van der Waals surface area (Å²) in [7, 11) is 0. The molecule has 0 N–H and O–H groups in total. The Morgan fingerprint density at radius 1 is 0.867 bits per heavy atom. The van der Waals surface area contributed by atoms with Gasteiger partial charge in [0.2, 0.25) is 0 Å². The highest BCUT2D eigenvalue weighted by Gasteiger charge is 2.23. The molecule has 2 rings (SSSR count). The summed E-state index contributed by atoms with van der Waals surface area (Å²) in [5.41, 5.74) is 2.14. The highest BCUT2D eigenvalue weighted by molar-refractivity contribution is 7.80. The predicted octanol–water partition coefficient (Wildman–Crippen LogP) is 4.86. The second-order valence-corrected chi connectivity index (χ2v) is 7.66. The first-order valence-electron chi connectivity index (χ1n) is 9.72. The van der Waals surface area contributed by atoms with Crippen molar-refractivity contribution in [1.82, 2.24) is 0 Å². The second-order valence-electron chi connectivity index (χ2n) is 7.08. The van der Waals surface area contributed by atoms with Gasteiger partial charge in [-0.1, -0.05) is 44.7 Å². The van der Waals surface area contributed by atoms with Crippen LogP contribution in [-0.4, -0.2) is 37.4 Å². The van der Waals surface area contributed by atoms with E-state index in [1.54, 1.807) is 6.92 Å². The second kappa shape index (κ2) is 11.4. The van der Waals surface area contributed by atoms with E-state index in [2.05, 4.69) is 32.6 Å². The molecule has 0 radical (unpaired) electrons. The van der Waals surface area contributed by atoms with E-state index >= 15 is 0 Å². The third-order valence-electron chi connectivity index (χ3n) is 4.57. The highest BCUT2D eigenvalue weighted by Crippen LogP contribution is 2.33. The van der Waals surface area contributed by atoms with E-state index in [1.807, 2.05) is 36.4 Å². The lowest BCUT2D eigenvalue weighted by Gasteiger charge is -2.26. The molecule has 0 atom stereocenters. The van der Waals surface area contributed by atoms with Gasteiger partial charge in [0.25, 0.3) is 0 Å². The maximum absolute atomic E-state index is 11.0. The van der Waals surface area contributed by atoms with Crippen LogP contribution in [0.2, 0.25) is 0 Å². The molecule has 0 aliphatic rings. The lowest BCUT2D eigenvalue weighted by Crippen LogP contribution is -2.19. The van der Waals surface area contributed by atoms with Crippen LogP contribution in [0.5, 0.6) is 11.5 Å². The van der Waals surface area contributed by atoms with Crippen LogP contribution >= 0.6 is 12.2 Å². The Bertz CT molecular complexity index is 841. The molecule has 0 aliphatic carbocycles. The number of esters is 1. The van der Waals surface area contributed by atoms with Crippen molar-refractivity contribution in [3.8, 4) is 11.5 Å². The number of ether oxygens (including phenoxy) is 4. The third kappa shape index (κ3) is 7.19. The Kier molecular flexibility index (Phi) is 8.87. The molecule has 0 bridgehead atoms. The van der Waals surface area contributed by atoms with Crippen molar-refractivity contribution in [2.24, 2.45) is 0 Å². The molecule has 2 aromatic rings. The molecular formula is C24H28O5S. The van der Waals surface area contributed by atoms with Gasteiger partial charge in [0.15, 0.2) is 5.05 Å². The number of thiocarbonyl (C=S) groups is 1. The first kappa shape index (κ1) is 23.4. The van der Waals surface area contributed by atoms with Gasteiger partial charge in [0.05, 0.1) is 0 Å². The van der Waals surface area contributed by atoms with Crippen LogP contribution in [0.15, 0.2) is 61.2 Å². The molecular weight excluding hydrogens is 400 g/mol. The van der Waals surface area contributed by atoms with Crippen molar-refractivity contribution < 1.29 is 23.7 Å². The molecule has 5 nitrogen and oxygen atoms in total. The predicted molar refractivity (Wildman–Crippen MR) is 121 cm³/mol. The van der Waals surface area contributed by atoms with E-state index < -0.39 is 5.97 Å². The van der Waals surface area contributed by atoms with Crippen LogP contribution in [0.3, 0.4) is 0 Å². The Balaban J connectivity index is 1.91. The van der Waals surface area contributed by atoms with E-state index in [4.69, 9.17) is 31.2 Å². The zero-order valence-corrected chi connectivity index (χ0v) is 18.5. The summed E-state index contributed by atoms with van der Waals surface area (Å²) in [6.45, 7) is 10.8. The van der Waals surface area contributed by atoms with Crippen molar-refractivity contribution in [3.63, 3.8) is 0 Å². The first-order chi connectivity index (χ1) is 14.3. The highest BCUT2D eigenvalue weighted by atomic mass is 32.1. The van der Waals surface area contributed by atoms with Crippen LogP contribution < -0.4 is 9.47 Å². The fourth-order valence-corrected chi connectivity index (χ4v) is 2.89. The Morgan fingerprint density at radius 2 is 1.30 bits per heavy atom. The summed E-state index contributed by atoms with van der Waals surface area (Å²) >= 11 is 4.87. The summed E-state index contributed by atoms with van der Waals surface area (Å²) in [5, 5.41) is 0.517. The molecule has 160 valence electrons. The average Bonchev–Trinajstić information content (AvgIpc) is 2.74. The molecule has 0 unspecified atom stereocenters. The van der Waals surface area contributed by atoms with Crippen molar-refractivity contribution in [2.75, 3.05) is 26.4 Å². The molecule has 0 fully saturated rings. The molecule has 0 spiro atoms. The SMILES string of the molecule is C=CC(=O)OCCOc1ccc(C(C)(C)c2ccc(OCCOC(C)=S)cc2)cc1. The largest absolute Gasteiger partial charge is 0.490 e. The molecule has 30 heavy (non-hydrogen) atoms. The van der Waals surface area contributed by atoms with Gasteiger partial charge in [-0.3, -0.25) is 0 Å². The van der Waals surface area contributed by atoms with Gasteiger partial charge in [-0.2, -0.15) is 0 Å². The van der Waals surface area contributed by atoms with E-state index in [9.17, 15) is 4.79 Å². The molecule has 6 heteroatoms. The minimum Gasteiger partial charge on any atom is -0.490 e. The minimum absolute atomic E-state index is 0.184. The van der Waals surface area contributed by atoms with Gasteiger partial charge in [-0.15, -0.1) is 0 Å². The number of hydrogen-bond acceptors (Lipinski definition) is 6. The van der Waals surface area contributed by atoms with Crippen LogP contribution in [-0.2, 0) is 19.7 Å². The Hall–Kier alpha value is -2.86. The molecule has 0 aliphatic heterocycles. The van der Waals surface area contributed by atoms with Gasteiger partial charge in [0.1, 0.15) is 37.9 Å². The summed E-state index contributed by atoms with van der Waals surface area (Å²) in [6, 6.07) is 16.0. The molecule has 0 saturated heterocycles. The molecule has 0 saturated carbocycles. The van der Waals surface area contributed by atoms with Crippen LogP contribution in [0.25, 0.3) is 0 Å². The van der Waals surface area contributed by atoms with Crippen LogP contribution in [0.1, 0.15) is 31.9 Å². The van der Waals surface area contributed by atoms with Crippen molar-refractivity contribution >= 4 is 23.2 Å². The number of benzene rings is 2.